The van der Waals surface area contributed by atoms with Crippen LogP contribution in [0.25, 0.3) is 6.08 Å². The molecule has 0 aliphatic heterocycles. The molecule has 0 aliphatic carbocycles. The van der Waals surface area contributed by atoms with E-state index in [-0.39, 0.29) is 0 Å². The lowest BCUT2D eigenvalue weighted by atomic mass is 10.2. The van der Waals surface area contributed by atoms with Gasteiger partial charge in [0.15, 0.2) is 0 Å². The van der Waals surface area contributed by atoms with Gasteiger partial charge in [-0.25, -0.2) is 0 Å². The molecule has 0 N–H and O–H groups in total. The SMILES string of the molecule is COCCOC=Cc1ccccc1. The monoisotopic (exact) mass is 178 g/mol. The van der Waals surface area contributed by atoms with Crippen LogP contribution in [0.15, 0.2) is 36.6 Å². The first kappa shape index (κ1) is 9.81. The van der Waals surface area contributed by atoms with Crippen molar-refractivity contribution < 1.29 is 9.47 Å². The maximum absolute atomic E-state index is 5.17. The van der Waals surface area contributed by atoms with Gasteiger partial charge in [-0.3, -0.25) is 0 Å². The molecule has 1 aromatic rings. The summed E-state index contributed by atoms with van der Waals surface area (Å²) in [7, 11) is 1.66. The van der Waals surface area contributed by atoms with E-state index in [2.05, 4.69) is 0 Å². The Morgan fingerprint density at radius 3 is 2.62 bits per heavy atom. The maximum atomic E-state index is 5.17. The van der Waals surface area contributed by atoms with Crippen molar-refractivity contribution in [1.29, 1.82) is 0 Å². The number of benzene rings is 1. The molecule has 2 nitrogen and oxygen atoms in total. The molecular formula is C11H14O2. The summed E-state index contributed by atoms with van der Waals surface area (Å²) in [6.45, 7) is 1.22. The van der Waals surface area contributed by atoms with Gasteiger partial charge in [0.2, 0.25) is 0 Å². The van der Waals surface area contributed by atoms with Crippen LogP contribution in [0.4, 0.5) is 0 Å². The van der Waals surface area contributed by atoms with Gasteiger partial charge in [-0.1, -0.05) is 30.3 Å². The van der Waals surface area contributed by atoms with Crippen LogP contribution in [0.3, 0.4) is 0 Å². The van der Waals surface area contributed by atoms with Crippen LogP contribution in [-0.2, 0) is 9.47 Å². The Morgan fingerprint density at radius 2 is 1.92 bits per heavy atom. The number of hydrogen-bond donors (Lipinski definition) is 0. The van der Waals surface area contributed by atoms with Crippen LogP contribution in [-0.4, -0.2) is 20.3 Å². The van der Waals surface area contributed by atoms with Crippen molar-refractivity contribution in [3.8, 4) is 0 Å². The lowest BCUT2D eigenvalue weighted by Gasteiger charge is -1.98. The van der Waals surface area contributed by atoms with E-state index in [1.807, 2.05) is 36.4 Å². The second-order valence-corrected chi connectivity index (χ2v) is 2.58. The molecule has 0 amide bonds. The van der Waals surface area contributed by atoms with Crippen molar-refractivity contribution in [1.82, 2.24) is 0 Å². The van der Waals surface area contributed by atoms with Crippen LogP contribution in [0.5, 0.6) is 0 Å². The van der Waals surface area contributed by atoms with Crippen LogP contribution < -0.4 is 0 Å². The lowest BCUT2D eigenvalue weighted by Crippen LogP contribution is -1.96. The molecule has 0 atom stereocenters. The van der Waals surface area contributed by atoms with Gasteiger partial charge < -0.3 is 9.47 Å². The quantitative estimate of drug-likeness (QED) is 0.509. The van der Waals surface area contributed by atoms with Crippen molar-refractivity contribution in [2.24, 2.45) is 0 Å². The normalized spacial score (nSPS) is 10.5. The second-order valence-electron chi connectivity index (χ2n) is 2.58. The van der Waals surface area contributed by atoms with E-state index in [0.29, 0.717) is 13.2 Å². The summed E-state index contributed by atoms with van der Waals surface area (Å²) in [5.74, 6) is 0. The van der Waals surface area contributed by atoms with E-state index >= 15 is 0 Å². The molecule has 0 saturated carbocycles. The van der Waals surface area contributed by atoms with Crippen molar-refractivity contribution >= 4 is 6.08 Å². The van der Waals surface area contributed by atoms with Gasteiger partial charge in [0.05, 0.1) is 12.9 Å². The first-order valence-corrected chi connectivity index (χ1v) is 4.25. The van der Waals surface area contributed by atoms with Gasteiger partial charge >= 0.3 is 0 Å². The molecule has 70 valence electrons. The minimum Gasteiger partial charge on any atom is -0.499 e. The zero-order valence-electron chi connectivity index (χ0n) is 7.77. The molecule has 0 radical (unpaired) electrons. The Bertz CT molecular complexity index is 242. The zero-order valence-corrected chi connectivity index (χ0v) is 7.77. The Labute approximate surface area is 78.8 Å². The highest BCUT2D eigenvalue weighted by atomic mass is 16.5. The first-order valence-electron chi connectivity index (χ1n) is 4.25. The van der Waals surface area contributed by atoms with E-state index < -0.39 is 0 Å². The molecule has 13 heavy (non-hydrogen) atoms. The van der Waals surface area contributed by atoms with E-state index in [1.54, 1.807) is 13.4 Å². The topological polar surface area (TPSA) is 18.5 Å². The highest BCUT2D eigenvalue weighted by Crippen LogP contribution is 2.00. The predicted molar refractivity (Wildman–Crippen MR) is 53.3 cm³/mol. The summed E-state index contributed by atoms with van der Waals surface area (Å²) in [5, 5.41) is 0. The molecule has 0 bridgehead atoms. The molecule has 2 heteroatoms. The Balaban J connectivity index is 2.25. The van der Waals surface area contributed by atoms with Crippen molar-refractivity contribution in [3.63, 3.8) is 0 Å². The van der Waals surface area contributed by atoms with E-state index in [1.165, 1.54) is 0 Å². The standard InChI is InChI=1S/C11H14O2/c1-12-9-10-13-8-7-11-5-3-2-4-6-11/h2-8H,9-10H2,1H3. The van der Waals surface area contributed by atoms with Gasteiger partial charge in [0, 0.05) is 7.11 Å². The molecular weight excluding hydrogens is 164 g/mol. The largest absolute Gasteiger partial charge is 0.499 e. The van der Waals surface area contributed by atoms with E-state index in [4.69, 9.17) is 9.47 Å². The first-order chi connectivity index (χ1) is 6.43. The summed E-state index contributed by atoms with van der Waals surface area (Å²) in [6, 6.07) is 10.0. The van der Waals surface area contributed by atoms with E-state index in [9.17, 15) is 0 Å². The zero-order chi connectivity index (χ0) is 9.36. The third-order valence-electron chi connectivity index (χ3n) is 1.56. The fraction of sp³-hybridized carbons (Fsp3) is 0.273. The van der Waals surface area contributed by atoms with Gasteiger partial charge in [-0.05, 0) is 11.6 Å². The Morgan fingerprint density at radius 1 is 1.15 bits per heavy atom. The summed E-state index contributed by atoms with van der Waals surface area (Å²) >= 11 is 0. The minimum absolute atomic E-state index is 0.597. The average molecular weight is 178 g/mol. The molecule has 0 fully saturated rings. The second kappa shape index (κ2) is 6.26. The average Bonchev–Trinajstić information content (AvgIpc) is 2.19. The highest BCUT2D eigenvalue weighted by molar-refractivity contribution is 5.47. The molecule has 1 aromatic carbocycles. The fourth-order valence-electron chi connectivity index (χ4n) is 0.890. The molecule has 1 rings (SSSR count). The fourth-order valence-corrected chi connectivity index (χ4v) is 0.890. The van der Waals surface area contributed by atoms with Gasteiger partial charge in [-0.2, -0.15) is 0 Å². The predicted octanol–water partition coefficient (Wildman–Crippen LogP) is 2.32. The smallest absolute Gasteiger partial charge is 0.111 e. The minimum atomic E-state index is 0.597. The molecule has 0 aliphatic rings. The van der Waals surface area contributed by atoms with Crippen molar-refractivity contribution in [2.45, 2.75) is 0 Å². The molecule has 0 spiro atoms. The number of rotatable bonds is 5. The Kier molecular flexibility index (Phi) is 4.72. The van der Waals surface area contributed by atoms with Gasteiger partial charge in [-0.15, -0.1) is 0 Å². The third kappa shape index (κ3) is 4.33. The molecule has 0 saturated heterocycles. The summed E-state index contributed by atoms with van der Waals surface area (Å²) in [5.41, 5.74) is 1.14. The Hall–Kier alpha value is -1.28. The maximum Gasteiger partial charge on any atom is 0.111 e. The number of ether oxygens (including phenoxy) is 2. The van der Waals surface area contributed by atoms with Crippen molar-refractivity contribution in [3.05, 3.63) is 42.2 Å². The molecule has 0 aromatic heterocycles. The summed E-state index contributed by atoms with van der Waals surface area (Å²) in [6.07, 6.45) is 3.62. The summed E-state index contributed by atoms with van der Waals surface area (Å²) in [4.78, 5) is 0. The van der Waals surface area contributed by atoms with Gasteiger partial charge in [0.25, 0.3) is 0 Å². The van der Waals surface area contributed by atoms with Crippen LogP contribution >= 0.6 is 0 Å². The van der Waals surface area contributed by atoms with Gasteiger partial charge in [0.1, 0.15) is 6.61 Å². The number of methoxy groups -OCH3 is 1. The molecule has 0 heterocycles. The third-order valence-corrected chi connectivity index (χ3v) is 1.56. The summed E-state index contributed by atoms with van der Waals surface area (Å²) < 4.78 is 10.0. The molecule has 0 unspecified atom stereocenters. The lowest BCUT2D eigenvalue weighted by molar-refractivity contribution is 0.124. The highest BCUT2D eigenvalue weighted by Gasteiger charge is 1.83. The van der Waals surface area contributed by atoms with Crippen LogP contribution in [0.1, 0.15) is 5.56 Å². The van der Waals surface area contributed by atoms with Crippen LogP contribution in [0, 0.1) is 0 Å². The van der Waals surface area contributed by atoms with Crippen molar-refractivity contribution in [2.75, 3.05) is 20.3 Å². The van der Waals surface area contributed by atoms with Crippen LogP contribution in [0.2, 0.25) is 0 Å². The van der Waals surface area contributed by atoms with E-state index in [0.717, 1.165) is 5.56 Å². The number of hydrogen-bond acceptors (Lipinski definition) is 2.